The lowest BCUT2D eigenvalue weighted by Crippen LogP contribution is -2.33. The molecule has 0 spiro atoms. The topological polar surface area (TPSA) is 53.0 Å². The van der Waals surface area contributed by atoms with E-state index in [2.05, 4.69) is 5.32 Å². The largest absolute Gasteiger partial charge is 0.351 e. The highest BCUT2D eigenvalue weighted by Crippen LogP contribution is 2.01. The molecule has 0 aliphatic carbocycles. The number of hydrogen-bond donors (Lipinski definition) is 2. The summed E-state index contributed by atoms with van der Waals surface area (Å²) in [6, 6.07) is 0. The number of carbonyl (C=O) groups excluding carboxylic acids is 1. The second-order valence-electron chi connectivity index (χ2n) is 2.58. The van der Waals surface area contributed by atoms with Gasteiger partial charge in [0.25, 0.3) is 5.91 Å². The van der Waals surface area contributed by atoms with Gasteiger partial charge in [-0.3, -0.25) is 10.2 Å². The van der Waals surface area contributed by atoms with Gasteiger partial charge in [0, 0.05) is 12.5 Å². The van der Waals surface area contributed by atoms with Gasteiger partial charge in [0.15, 0.2) is 0 Å². The van der Waals surface area contributed by atoms with Crippen molar-refractivity contribution in [3.05, 3.63) is 0 Å². The maximum atomic E-state index is 11.0. The number of carbonyl (C=O) groups is 1. The van der Waals surface area contributed by atoms with Gasteiger partial charge < -0.3 is 5.32 Å². The van der Waals surface area contributed by atoms with Gasteiger partial charge >= 0.3 is 0 Å². The second-order valence-corrected chi connectivity index (χ2v) is 2.58. The van der Waals surface area contributed by atoms with Crippen LogP contribution in [0.3, 0.4) is 0 Å². The molecule has 0 rings (SSSR count). The summed E-state index contributed by atoms with van der Waals surface area (Å²) in [7, 11) is 0. The first-order valence-corrected chi connectivity index (χ1v) is 4.00. The zero-order valence-electron chi connectivity index (χ0n) is 7.40. The maximum Gasteiger partial charge on any atom is 0.265 e. The molecule has 0 radical (unpaired) electrons. The average molecular weight is 156 g/mol. The predicted molar refractivity (Wildman–Crippen MR) is 45.9 cm³/mol. The van der Waals surface area contributed by atoms with E-state index in [1.165, 1.54) is 0 Å². The fourth-order valence-corrected chi connectivity index (χ4v) is 0.684. The number of hydrogen-bond acceptors (Lipinski definition) is 2. The first kappa shape index (κ1) is 10.1. The molecular formula is C8H16N2O. The van der Waals surface area contributed by atoms with Crippen molar-refractivity contribution in [1.29, 1.82) is 5.41 Å². The summed E-state index contributed by atoms with van der Waals surface area (Å²) in [6.45, 7) is 6.30. The minimum Gasteiger partial charge on any atom is -0.351 e. The Morgan fingerprint density at radius 1 is 1.55 bits per heavy atom. The monoisotopic (exact) mass is 156 g/mol. The van der Waals surface area contributed by atoms with E-state index in [0.717, 1.165) is 6.42 Å². The van der Waals surface area contributed by atoms with Crippen LogP contribution in [0.2, 0.25) is 0 Å². The molecule has 0 fully saturated rings. The number of rotatable bonds is 4. The van der Waals surface area contributed by atoms with E-state index in [4.69, 9.17) is 5.41 Å². The van der Waals surface area contributed by atoms with Crippen LogP contribution in [0, 0.1) is 11.3 Å². The van der Waals surface area contributed by atoms with E-state index in [1.54, 1.807) is 0 Å². The van der Waals surface area contributed by atoms with E-state index in [-0.39, 0.29) is 17.5 Å². The Hall–Kier alpha value is -0.860. The Labute approximate surface area is 67.7 Å². The third-order valence-electron chi connectivity index (χ3n) is 1.69. The Balaban J connectivity index is 3.92. The second kappa shape index (κ2) is 4.88. The molecule has 64 valence electrons. The van der Waals surface area contributed by atoms with E-state index in [0.29, 0.717) is 6.54 Å². The van der Waals surface area contributed by atoms with E-state index in [9.17, 15) is 4.79 Å². The summed E-state index contributed by atoms with van der Waals surface area (Å²) < 4.78 is 0. The highest BCUT2D eigenvalue weighted by Gasteiger charge is 2.13. The molecule has 0 aliphatic rings. The molecule has 0 bridgehead atoms. The maximum absolute atomic E-state index is 11.0. The molecule has 0 aromatic heterocycles. The molecule has 0 aliphatic heterocycles. The van der Waals surface area contributed by atoms with E-state index >= 15 is 0 Å². The van der Waals surface area contributed by atoms with E-state index < -0.39 is 0 Å². The van der Waals surface area contributed by atoms with Crippen molar-refractivity contribution in [2.75, 3.05) is 6.54 Å². The van der Waals surface area contributed by atoms with Crippen LogP contribution in [0.25, 0.3) is 0 Å². The van der Waals surface area contributed by atoms with Crippen LogP contribution in [0.1, 0.15) is 27.2 Å². The summed E-state index contributed by atoms with van der Waals surface area (Å²) in [4.78, 5) is 11.0. The minimum absolute atomic E-state index is 0.0709. The molecule has 1 atom stereocenters. The van der Waals surface area contributed by atoms with Crippen LogP contribution in [-0.2, 0) is 4.79 Å². The van der Waals surface area contributed by atoms with Crippen molar-refractivity contribution in [1.82, 2.24) is 5.32 Å². The van der Waals surface area contributed by atoms with Gasteiger partial charge in [-0.05, 0) is 13.3 Å². The zero-order chi connectivity index (χ0) is 8.85. The van der Waals surface area contributed by atoms with Crippen LogP contribution in [0.4, 0.5) is 0 Å². The standard InChI is InChI=1S/C8H16N2O/c1-4-6(3)7(9)8(11)10-5-2/h6,9H,4-5H2,1-3H3,(H,10,11). The molecule has 1 unspecified atom stereocenters. The van der Waals surface area contributed by atoms with Crippen LogP contribution in [-0.4, -0.2) is 18.2 Å². The molecule has 0 saturated heterocycles. The molecular weight excluding hydrogens is 140 g/mol. The molecule has 0 heterocycles. The lowest BCUT2D eigenvalue weighted by Gasteiger charge is -2.08. The van der Waals surface area contributed by atoms with Gasteiger partial charge in [0.05, 0.1) is 5.71 Å². The molecule has 0 aromatic rings. The van der Waals surface area contributed by atoms with Crippen LogP contribution < -0.4 is 5.32 Å². The Bertz CT molecular complexity index is 154. The highest BCUT2D eigenvalue weighted by molar-refractivity contribution is 6.38. The number of nitrogens with one attached hydrogen (secondary N) is 2. The van der Waals surface area contributed by atoms with E-state index in [1.807, 2.05) is 20.8 Å². The van der Waals surface area contributed by atoms with Crippen molar-refractivity contribution in [2.24, 2.45) is 5.92 Å². The SMILES string of the molecule is CCNC(=O)C(=N)C(C)CC. The van der Waals surface area contributed by atoms with Crippen LogP contribution in [0.15, 0.2) is 0 Å². The molecule has 2 N–H and O–H groups in total. The summed E-state index contributed by atoms with van der Waals surface area (Å²) in [6.07, 6.45) is 0.843. The third-order valence-corrected chi connectivity index (χ3v) is 1.69. The summed E-state index contributed by atoms with van der Waals surface area (Å²) >= 11 is 0. The molecule has 1 amide bonds. The van der Waals surface area contributed by atoms with Crippen LogP contribution in [0.5, 0.6) is 0 Å². The highest BCUT2D eigenvalue weighted by atomic mass is 16.1. The van der Waals surface area contributed by atoms with Crippen LogP contribution >= 0.6 is 0 Å². The third kappa shape index (κ3) is 3.16. The summed E-state index contributed by atoms with van der Waals surface area (Å²) in [5.74, 6) is -0.164. The molecule has 0 aromatic carbocycles. The lowest BCUT2D eigenvalue weighted by molar-refractivity contribution is -0.115. The molecule has 3 heteroatoms. The average Bonchev–Trinajstić information content (AvgIpc) is 2.02. The van der Waals surface area contributed by atoms with Gasteiger partial charge in [-0.1, -0.05) is 13.8 Å². The lowest BCUT2D eigenvalue weighted by atomic mass is 10.0. The predicted octanol–water partition coefficient (Wildman–Crippen LogP) is 1.19. The van der Waals surface area contributed by atoms with Crippen molar-refractivity contribution >= 4 is 11.6 Å². The Morgan fingerprint density at radius 2 is 2.09 bits per heavy atom. The smallest absolute Gasteiger partial charge is 0.265 e. The van der Waals surface area contributed by atoms with Gasteiger partial charge in [-0.2, -0.15) is 0 Å². The van der Waals surface area contributed by atoms with Gasteiger partial charge in [-0.25, -0.2) is 0 Å². The Morgan fingerprint density at radius 3 is 2.45 bits per heavy atom. The van der Waals surface area contributed by atoms with Gasteiger partial charge in [0.1, 0.15) is 0 Å². The van der Waals surface area contributed by atoms with Crippen molar-refractivity contribution in [3.63, 3.8) is 0 Å². The first-order valence-electron chi connectivity index (χ1n) is 4.00. The fraction of sp³-hybridized carbons (Fsp3) is 0.750. The normalized spacial score (nSPS) is 12.3. The Kier molecular flexibility index (Phi) is 4.50. The minimum atomic E-state index is -0.234. The summed E-state index contributed by atoms with van der Waals surface area (Å²) in [5, 5.41) is 9.99. The van der Waals surface area contributed by atoms with Crippen molar-refractivity contribution in [3.8, 4) is 0 Å². The summed E-state index contributed by atoms with van der Waals surface area (Å²) in [5.41, 5.74) is 0.189. The van der Waals surface area contributed by atoms with Gasteiger partial charge in [0.2, 0.25) is 0 Å². The zero-order valence-corrected chi connectivity index (χ0v) is 7.40. The molecule has 11 heavy (non-hydrogen) atoms. The van der Waals surface area contributed by atoms with Crippen molar-refractivity contribution in [2.45, 2.75) is 27.2 Å². The first-order chi connectivity index (χ1) is 5.13. The fourth-order valence-electron chi connectivity index (χ4n) is 0.684. The molecule has 3 nitrogen and oxygen atoms in total. The van der Waals surface area contributed by atoms with Crippen molar-refractivity contribution < 1.29 is 4.79 Å². The quantitative estimate of drug-likeness (QED) is 0.590. The van der Waals surface area contributed by atoms with Gasteiger partial charge in [-0.15, -0.1) is 0 Å². The number of amides is 1. The molecule has 0 saturated carbocycles.